The van der Waals surface area contributed by atoms with Gasteiger partial charge in [0.2, 0.25) is 0 Å². The van der Waals surface area contributed by atoms with Gasteiger partial charge in [0.15, 0.2) is 0 Å². The summed E-state index contributed by atoms with van der Waals surface area (Å²) in [5, 5.41) is 2.86. The van der Waals surface area contributed by atoms with Crippen LogP contribution in [0.2, 0.25) is 0 Å². The molecule has 0 fully saturated rings. The zero-order valence-electron chi connectivity index (χ0n) is 9.31. The maximum atomic E-state index is 5.49. The fourth-order valence-electron chi connectivity index (χ4n) is 0.819. The van der Waals surface area contributed by atoms with Gasteiger partial charge in [0.1, 0.15) is 5.76 Å². The SMILES string of the molecule is C=CNC(/N=C/C)O/C(C=C)=C/C=C\C. The summed E-state index contributed by atoms with van der Waals surface area (Å²) in [6.45, 7) is 11.0. The second-order valence-electron chi connectivity index (χ2n) is 2.55. The second-order valence-corrected chi connectivity index (χ2v) is 2.55. The van der Waals surface area contributed by atoms with Gasteiger partial charge in [-0.15, -0.1) is 0 Å². The number of hydrogen-bond donors (Lipinski definition) is 1. The van der Waals surface area contributed by atoms with Crippen LogP contribution in [0, 0.1) is 0 Å². The van der Waals surface area contributed by atoms with E-state index >= 15 is 0 Å². The van der Waals surface area contributed by atoms with Crippen LogP contribution < -0.4 is 5.32 Å². The Balaban J connectivity index is 4.46. The quantitative estimate of drug-likeness (QED) is 0.301. The number of nitrogens with zero attached hydrogens (tertiary/aromatic N) is 1. The van der Waals surface area contributed by atoms with Crippen LogP contribution in [0.1, 0.15) is 13.8 Å². The summed E-state index contributed by atoms with van der Waals surface area (Å²) in [6.07, 6.45) is 9.97. The molecule has 0 amide bonds. The van der Waals surface area contributed by atoms with Crippen LogP contribution in [0.15, 0.2) is 54.4 Å². The Bertz CT molecular complexity index is 277. The maximum absolute atomic E-state index is 5.49. The first-order valence-corrected chi connectivity index (χ1v) is 4.75. The van der Waals surface area contributed by atoms with Crippen molar-refractivity contribution in [2.75, 3.05) is 0 Å². The first-order valence-electron chi connectivity index (χ1n) is 4.75. The predicted molar refractivity (Wildman–Crippen MR) is 65.5 cm³/mol. The molecule has 1 N–H and O–H groups in total. The van der Waals surface area contributed by atoms with Gasteiger partial charge >= 0.3 is 0 Å². The molecule has 3 nitrogen and oxygen atoms in total. The lowest BCUT2D eigenvalue weighted by molar-refractivity contribution is 0.116. The molecule has 3 heteroatoms. The fraction of sp³-hybridized carbons (Fsp3) is 0.250. The van der Waals surface area contributed by atoms with Crippen molar-refractivity contribution >= 4 is 6.21 Å². The van der Waals surface area contributed by atoms with E-state index in [0.717, 1.165) is 0 Å². The van der Waals surface area contributed by atoms with Gasteiger partial charge in [-0.25, -0.2) is 4.99 Å². The molecule has 0 rings (SSSR count). The molecule has 0 saturated heterocycles. The highest BCUT2D eigenvalue weighted by molar-refractivity contribution is 5.53. The van der Waals surface area contributed by atoms with E-state index in [-0.39, 0.29) is 0 Å². The normalized spacial score (nSPS) is 14.1. The van der Waals surface area contributed by atoms with Crippen molar-refractivity contribution in [1.29, 1.82) is 0 Å². The minimum atomic E-state index is -0.456. The van der Waals surface area contributed by atoms with Gasteiger partial charge in [-0.2, -0.15) is 0 Å². The van der Waals surface area contributed by atoms with Gasteiger partial charge < -0.3 is 10.1 Å². The third-order valence-corrected chi connectivity index (χ3v) is 1.45. The van der Waals surface area contributed by atoms with E-state index in [1.807, 2.05) is 32.1 Å². The van der Waals surface area contributed by atoms with Crippen LogP contribution in [0.4, 0.5) is 0 Å². The van der Waals surface area contributed by atoms with Gasteiger partial charge in [0.05, 0.1) is 0 Å². The van der Waals surface area contributed by atoms with Crippen molar-refractivity contribution in [3.05, 3.63) is 49.4 Å². The number of allylic oxidation sites excluding steroid dienone is 4. The highest BCUT2D eigenvalue weighted by Crippen LogP contribution is 2.03. The summed E-state index contributed by atoms with van der Waals surface area (Å²) in [4.78, 5) is 4.07. The van der Waals surface area contributed by atoms with Crippen molar-refractivity contribution in [3.63, 3.8) is 0 Å². The van der Waals surface area contributed by atoms with Gasteiger partial charge in [-0.1, -0.05) is 25.3 Å². The molecule has 0 bridgehead atoms. The predicted octanol–water partition coefficient (Wildman–Crippen LogP) is 2.76. The molecule has 0 aromatic rings. The van der Waals surface area contributed by atoms with Crippen LogP contribution >= 0.6 is 0 Å². The Labute approximate surface area is 91.6 Å². The maximum Gasteiger partial charge on any atom is 0.267 e. The van der Waals surface area contributed by atoms with Gasteiger partial charge in [-0.05, 0) is 32.2 Å². The molecule has 0 aliphatic heterocycles. The number of nitrogens with one attached hydrogen (secondary N) is 1. The van der Waals surface area contributed by atoms with E-state index in [2.05, 4.69) is 23.5 Å². The van der Waals surface area contributed by atoms with Crippen molar-refractivity contribution in [2.45, 2.75) is 20.2 Å². The zero-order valence-corrected chi connectivity index (χ0v) is 9.31. The molecule has 1 atom stereocenters. The fourth-order valence-corrected chi connectivity index (χ4v) is 0.819. The van der Waals surface area contributed by atoms with E-state index < -0.39 is 6.35 Å². The molecule has 0 aromatic heterocycles. The van der Waals surface area contributed by atoms with E-state index in [1.54, 1.807) is 12.3 Å². The van der Waals surface area contributed by atoms with Gasteiger partial charge in [-0.3, -0.25) is 0 Å². The minimum absolute atomic E-state index is 0.456. The van der Waals surface area contributed by atoms with Gasteiger partial charge in [0, 0.05) is 6.21 Å². The van der Waals surface area contributed by atoms with Crippen molar-refractivity contribution in [3.8, 4) is 0 Å². The molecule has 0 aliphatic rings. The molecule has 0 heterocycles. The Kier molecular flexibility index (Phi) is 7.77. The van der Waals surface area contributed by atoms with Crippen molar-refractivity contribution in [1.82, 2.24) is 5.32 Å². The van der Waals surface area contributed by atoms with Crippen LogP contribution in [0.3, 0.4) is 0 Å². The summed E-state index contributed by atoms with van der Waals surface area (Å²) in [5.41, 5.74) is 0. The molecule has 0 aliphatic carbocycles. The van der Waals surface area contributed by atoms with Gasteiger partial charge in [0.25, 0.3) is 6.35 Å². The molecule has 0 saturated carbocycles. The molecule has 82 valence electrons. The average molecular weight is 206 g/mol. The topological polar surface area (TPSA) is 33.6 Å². The third kappa shape index (κ3) is 6.32. The van der Waals surface area contributed by atoms with E-state index in [4.69, 9.17) is 4.74 Å². The summed E-state index contributed by atoms with van der Waals surface area (Å²) in [5.74, 6) is 0.651. The summed E-state index contributed by atoms with van der Waals surface area (Å²) in [7, 11) is 0. The summed E-state index contributed by atoms with van der Waals surface area (Å²) >= 11 is 0. The van der Waals surface area contributed by atoms with Crippen molar-refractivity contribution < 1.29 is 4.74 Å². The van der Waals surface area contributed by atoms with Crippen LogP contribution in [0.25, 0.3) is 0 Å². The Morgan fingerprint density at radius 2 is 2.13 bits per heavy atom. The molecule has 0 spiro atoms. The second kappa shape index (κ2) is 8.81. The monoisotopic (exact) mass is 206 g/mol. The number of ether oxygens (including phenoxy) is 1. The first kappa shape index (κ1) is 13.2. The Morgan fingerprint density at radius 3 is 2.60 bits per heavy atom. The molecule has 1 unspecified atom stereocenters. The standard InChI is InChI=1S/C12H18N2O/c1-5-9-10-11(6-2)15-12(13-7-3)14-8-4/h5-10,12-13H,2-3H2,1,4H3/b9-5-,11-10+,14-8+. The smallest absolute Gasteiger partial charge is 0.267 e. The average Bonchev–Trinajstić information content (AvgIpc) is 2.24. The number of aliphatic imine (C=N–C) groups is 1. The molecule has 15 heavy (non-hydrogen) atoms. The summed E-state index contributed by atoms with van der Waals surface area (Å²) < 4.78 is 5.49. The highest BCUT2D eigenvalue weighted by atomic mass is 16.5. The van der Waals surface area contributed by atoms with E-state index in [9.17, 15) is 0 Å². The largest absolute Gasteiger partial charge is 0.451 e. The molecular formula is C12H18N2O. The zero-order chi connectivity index (χ0) is 11.5. The first-order chi connectivity index (χ1) is 7.28. The van der Waals surface area contributed by atoms with Crippen molar-refractivity contribution in [2.24, 2.45) is 4.99 Å². The third-order valence-electron chi connectivity index (χ3n) is 1.45. The number of rotatable bonds is 7. The Morgan fingerprint density at radius 1 is 1.40 bits per heavy atom. The lowest BCUT2D eigenvalue weighted by atomic mass is 10.4. The lowest BCUT2D eigenvalue weighted by Crippen LogP contribution is -2.24. The van der Waals surface area contributed by atoms with E-state index in [0.29, 0.717) is 5.76 Å². The highest BCUT2D eigenvalue weighted by Gasteiger charge is 2.03. The minimum Gasteiger partial charge on any atom is -0.451 e. The van der Waals surface area contributed by atoms with Crippen LogP contribution in [-0.4, -0.2) is 12.6 Å². The molecular weight excluding hydrogens is 188 g/mol. The van der Waals surface area contributed by atoms with Crippen LogP contribution in [-0.2, 0) is 4.74 Å². The number of hydrogen-bond acceptors (Lipinski definition) is 3. The van der Waals surface area contributed by atoms with Crippen LogP contribution in [0.5, 0.6) is 0 Å². The molecule has 0 aromatic carbocycles. The Hall–Kier alpha value is -1.77. The summed E-state index contributed by atoms with van der Waals surface area (Å²) in [6, 6.07) is 0. The molecule has 0 radical (unpaired) electrons. The van der Waals surface area contributed by atoms with E-state index in [1.165, 1.54) is 6.20 Å². The lowest BCUT2D eigenvalue weighted by Gasteiger charge is -2.14.